The number of nitrogens with one attached hydrogen (secondary N) is 1. The molecule has 4 nitrogen and oxygen atoms in total. The second kappa shape index (κ2) is 10.5. The van der Waals surface area contributed by atoms with E-state index in [4.69, 9.17) is 10.5 Å². The molecule has 2 rings (SSSR count). The molecule has 0 aliphatic heterocycles. The number of benzene rings is 1. The number of aryl methyl sites for hydroxylation is 1. The largest absolute Gasteiger partial charge is 0.494 e. The zero-order valence-corrected chi connectivity index (χ0v) is 16.7. The SMILES string of the molecule is CCOc1ccc(CN=C(N)NCCc2cccs2)cc1C.I. The van der Waals surface area contributed by atoms with Gasteiger partial charge < -0.3 is 15.8 Å². The molecule has 6 heteroatoms. The summed E-state index contributed by atoms with van der Waals surface area (Å²) in [7, 11) is 0. The van der Waals surface area contributed by atoms with Gasteiger partial charge in [-0.05, 0) is 48.9 Å². The summed E-state index contributed by atoms with van der Waals surface area (Å²) in [4.78, 5) is 5.73. The van der Waals surface area contributed by atoms with Gasteiger partial charge in [0.05, 0.1) is 13.2 Å². The van der Waals surface area contributed by atoms with Crippen molar-refractivity contribution in [2.75, 3.05) is 13.2 Å². The number of guanidine groups is 1. The number of nitrogens with zero attached hydrogens (tertiary/aromatic N) is 1. The van der Waals surface area contributed by atoms with E-state index in [0.717, 1.165) is 29.8 Å². The topological polar surface area (TPSA) is 59.6 Å². The number of hydrogen-bond donors (Lipinski definition) is 2. The summed E-state index contributed by atoms with van der Waals surface area (Å²) in [5.41, 5.74) is 8.15. The number of rotatable bonds is 7. The maximum absolute atomic E-state index is 5.89. The molecule has 0 aliphatic carbocycles. The molecule has 1 aromatic heterocycles. The molecule has 0 radical (unpaired) electrons. The van der Waals surface area contributed by atoms with Gasteiger partial charge in [0.15, 0.2) is 5.96 Å². The zero-order valence-electron chi connectivity index (χ0n) is 13.5. The summed E-state index contributed by atoms with van der Waals surface area (Å²) in [5, 5.41) is 5.23. The van der Waals surface area contributed by atoms with E-state index in [9.17, 15) is 0 Å². The van der Waals surface area contributed by atoms with Crippen molar-refractivity contribution in [3.8, 4) is 5.75 Å². The normalized spacial score (nSPS) is 11.0. The van der Waals surface area contributed by atoms with Gasteiger partial charge in [-0.1, -0.05) is 18.2 Å². The minimum Gasteiger partial charge on any atom is -0.494 e. The van der Waals surface area contributed by atoms with E-state index in [0.29, 0.717) is 19.1 Å². The highest BCUT2D eigenvalue weighted by Gasteiger charge is 2.01. The van der Waals surface area contributed by atoms with Crippen LogP contribution in [0.1, 0.15) is 22.9 Å². The lowest BCUT2D eigenvalue weighted by atomic mass is 10.1. The Morgan fingerprint density at radius 1 is 1.35 bits per heavy atom. The lowest BCUT2D eigenvalue weighted by molar-refractivity contribution is 0.338. The monoisotopic (exact) mass is 445 g/mol. The fourth-order valence-corrected chi connectivity index (χ4v) is 2.84. The van der Waals surface area contributed by atoms with Crippen LogP contribution < -0.4 is 15.8 Å². The highest BCUT2D eigenvalue weighted by molar-refractivity contribution is 14.0. The lowest BCUT2D eigenvalue weighted by Crippen LogP contribution is -2.33. The number of aliphatic imine (C=N–C) groups is 1. The van der Waals surface area contributed by atoms with E-state index in [1.54, 1.807) is 11.3 Å². The average Bonchev–Trinajstić information content (AvgIpc) is 3.01. The van der Waals surface area contributed by atoms with E-state index in [-0.39, 0.29) is 24.0 Å². The van der Waals surface area contributed by atoms with Crippen molar-refractivity contribution in [3.63, 3.8) is 0 Å². The van der Waals surface area contributed by atoms with Crippen LogP contribution in [0.15, 0.2) is 40.7 Å². The Hall–Kier alpha value is -1.28. The summed E-state index contributed by atoms with van der Waals surface area (Å²) in [6.07, 6.45) is 0.968. The lowest BCUT2D eigenvalue weighted by Gasteiger charge is -2.08. The van der Waals surface area contributed by atoms with Crippen LogP contribution in [0.3, 0.4) is 0 Å². The summed E-state index contributed by atoms with van der Waals surface area (Å²) in [5.74, 6) is 1.42. The van der Waals surface area contributed by atoms with Crippen molar-refractivity contribution in [1.82, 2.24) is 5.32 Å². The van der Waals surface area contributed by atoms with Crippen LogP contribution in [0.25, 0.3) is 0 Å². The molecule has 1 aromatic carbocycles. The number of nitrogens with two attached hydrogens (primary N) is 1. The van der Waals surface area contributed by atoms with Gasteiger partial charge in [0, 0.05) is 11.4 Å². The zero-order chi connectivity index (χ0) is 15.8. The van der Waals surface area contributed by atoms with Crippen LogP contribution in [0.4, 0.5) is 0 Å². The Morgan fingerprint density at radius 2 is 2.17 bits per heavy atom. The quantitative estimate of drug-likeness (QED) is 0.388. The predicted molar refractivity (Wildman–Crippen MR) is 109 cm³/mol. The first-order valence-corrected chi connectivity index (χ1v) is 8.35. The minimum atomic E-state index is 0. The first-order valence-electron chi connectivity index (χ1n) is 7.47. The maximum atomic E-state index is 5.89. The van der Waals surface area contributed by atoms with Crippen molar-refractivity contribution in [2.45, 2.75) is 26.8 Å². The molecule has 0 saturated heterocycles. The Kier molecular flexibility index (Phi) is 9.01. The van der Waals surface area contributed by atoms with Crippen LogP contribution in [0, 0.1) is 6.92 Å². The molecule has 0 amide bonds. The fourth-order valence-electron chi connectivity index (χ4n) is 2.13. The second-order valence-corrected chi connectivity index (χ2v) is 6.02. The van der Waals surface area contributed by atoms with Crippen LogP contribution in [0.2, 0.25) is 0 Å². The second-order valence-electron chi connectivity index (χ2n) is 4.99. The third-order valence-corrected chi connectivity index (χ3v) is 4.16. The molecule has 2 aromatic rings. The molecule has 0 saturated carbocycles. The van der Waals surface area contributed by atoms with E-state index in [2.05, 4.69) is 33.9 Å². The van der Waals surface area contributed by atoms with Gasteiger partial charge in [0.1, 0.15) is 5.75 Å². The number of thiophene rings is 1. The van der Waals surface area contributed by atoms with Gasteiger partial charge >= 0.3 is 0 Å². The molecule has 0 bridgehead atoms. The standard InChI is InChI=1S/C17H23N3OS.HI/c1-3-21-16-7-6-14(11-13(16)2)12-20-17(18)19-9-8-15-5-4-10-22-15;/h4-7,10-11H,3,8-9,12H2,1-2H3,(H3,18,19,20);1H. The number of hydrogen-bond acceptors (Lipinski definition) is 3. The summed E-state index contributed by atoms with van der Waals surface area (Å²) < 4.78 is 5.53. The smallest absolute Gasteiger partial charge is 0.188 e. The molecule has 0 fully saturated rings. The first-order chi connectivity index (χ1) is 10.7. The van der Waals surface area contributed by atoms with E-state index < -0.39 is 0 Å². The molecule has 0 unspecified atom stereocenters. The molecule has 1 heterocycles. The third kappa shape index (κ3) is 6.78. The molecule has 0 spiro atoms. The Balaban J connectivity index is 0.00000264. The van der Waals surface area contributed by atoms with Crippen LogP contribution in [0.5, 0.6) is 5.75 Å². The van der Waals surface area contributed by atoms with Gasteiger partial charge in [-0.15, -0.1) is 35.3 Å². The van der Waals surface area contributed by atoms with Crippen molar-refractivity contribution in [3.05, 3.63) is 51.7 Å². The highest BCUT2D eigenvalue weighted by Crippen LogP contribution is 2.19. The van der Waals surface area contributed by atoms with E-state index in [1.165, 1.54) is 4.88 Å². The van der Waals surface area contributed by atoms with Crippen molar-refractivity contribution in [2.24, 2.45) is 10.7 Å². The van der Waals surface area contributed by atoms with Crippen LogP contribution in [-0.2, 0) is 13.0 Å². The van der Waals surface area contributed by atoms with Crippen molar-refractivity contribution >= 4 is 41.3 Å². The molecule has 0 aliphatic rings. The molecular weight excluding hydrogens is 421 g/mol. The summed E-state index contributed by atoms with van der Waals surface area (Å²) >= 11 is 1.76. The van der Waals surface area contributed by atoms with Crippen molar-refractivity contribution < 1.29 is 4.74 Å². The number of halogens is 1. The molecular formula is C17H24IN3OS. The van der Waals surface area contributed by atoms with Crippen LogP contribution in [-0.4, -0.2) is 19.1 Å². The van der Waals surface area contributed by atoms with E-state index in [1.807, 2.05) is 26.0 Å². The molecule has 3 N–H and O–H groups in total. The van der Waals surface area contributed by atoms with Crippen molar-refractivity contribution in [1.29, 1.82) is 0 Å². The molecule has 0 atom stereocenters. The van der Waals surface area contributed by atoms with Gasteiger partial charge in [0.2, 0.25) is 0 Å². The first kappa shape index (κ1) is 19.8. The maximum Gasteiger partial charge on any atom is 0.188 e. The fraction of sp³-hybridized carbons (Fsp3) is 0.353. The predicted octanol–water partition coefficient (Wildman–Crippen LogP) is 3.72. The molecule has 126 valence electrons. The summed E-state index contributed by atoms with van der Waals surface area (Å²) in [6.45, 7) is 6.09. The van der Waals surface area contributed by atoms with Gasteiger partial charge in [-0.3, -0.25) is 0 Å². The van der Waals surface area contributed by atoms with Crippen LogP contribution >= 0.6 is 35.3 Å². The summed E-state index contributed by atoms with van der Waals surface area (Å²) in [6, 6.07) is 10.3. The minimum absolute atomic E-state index is 0. The number of ether oxygens (including phenoxy) is 1. The van der Waals surface area contributed by atoms with Gasteiger partial charge in [-0.2, -0.15) is 0 Å². The Labute approximate surface area is 159 Å². The Morgan fingerprint density at radius 3 is 2.83 bits per heavy atom. The van der Waals surface area contributed by atoms with Gasteiger partial charge in [-0.25, -0.2) is 4.99 Å². The average molecular weight is 445 g/mol. The Bertz CT molecular complexity index is 614. The third-order valence-electron chi connectivity index (χ3n) is 3.23. The highest BCUT2D eigenvalue weighted by atomic mass is 127. The van der Waals surface area contributed by atoms with Gasteiger partial charge in [0.25, 0.3) is 0 Å². The molecule has 23 heavy (non-hydrogen) atoms. The van der Waals surface area contributed by atoms with E-state index >= 15 is 0 Å².